The van der Waals surface area contributed by atoms with Gasteiger partial charge in [-0.1, -0.05) is 0 Å². The van der Waals surface area contributed by atoms with Crippen LogP contribution in [-0.2, 0) is 10.9 Å². The molecule has 0 unspecified atom stereocenters. The van der Waals surface area contributed by atoms with E-state index in [1.807, 2.05) is 13.1 Å². The van der Waals surface area contributed by atoms with Crippen LogP contribution >= 0.6 is 0 Å². The van der Waals surface area contributed by atoms with E-state index in [4.69, 9.17) is 4.74 Å². The number of aryl methyl sites for hydroxylation is 1. The predicted molar refractivity (Wildman–Crippen MR) is 76.3 cm³/mol. The highest BCUT2D eigenvalue weighted by molar-refractivity contribution is 5.48. The van der Waals surface area contributed by atoms with Gasteiger partial charge >= 0.3 is 6.18 Å². The maximum atomic E-state index is 12.6. The van der Waals surface area contributed by atoms with Crippen molar-refractivity contribution in [2.45, 2.75) is 13.1 Å². The Kier molecular flexibility index (Phi) is 3.82. The Morgan fingerprint density at radius 3 is 2.32 bits per heavy atom. The topological polar surface area (TPSA) is 30.3 Å². The van der Waals surface area contributed by atoms with Crippen LogP contribution in [0.4, 0.5) is 19.0 Å². The molecule has 1 saturated heterocycles. The lowest BCUT2D eigenvalue weighted by atomic mass is 10.2. The minimum atomic E-state index is -4.32. The predicted octanol–water partition coefficient (Wildman–Crippen LogP) is 3.04. The summed E-state index contributed by atoms with van der Waals surface area (Å²) in [5.41, 5.74) is 0.936. The van der Waals surface area contributed by atoms with Crippen LogP contribution in [0, 0.1) is 6.92 Å². The average molecular weight is 311 g/mol. The second-order valence-corrected chi connectivity index (χ2v) is 5.22. The molecule has 3 rings (SSSR count). The number of benzene rings is 1. The summed E-state index contributed by atoms with van der Waals surface area (Å²) in [6.45, 7) is 4.80. The number of nitrogens with zero attached hydrogens (tertiary/aromatic N) is 3. The van der Waals surface area contributed by atoms with Crippen molar-refractivity contribution in [1.82, 2.24) is 9.78 Å². The Morgan fingerprint density at radius 1 is 1.09 bits per heavy atom. The summed E-state index contributed by atoms with van der Waals surface area (Å²) in [5.74, 6) is 0.850. The van der Waals surface area contributed by atoms with Gasteiger partial charge in [-0.3, -0.25) is 0 Å². The van der Waals surface area contributed by atoms with Crippen LogP contribution in [0.1, 0.15) is 11.1 Å². The van der Waals surface area contributed by atoms with Crippen LogP contribution in [-0.4, -0.2) is 36.1 Å². The maximum Gasteiger partial charge on any atom is 0.416 e. The first-order chi connectivity index (χ1) is 10.4. The summed E-state index contributed by atoms with van der Waals surface area (Å²) in [6, 6.07) is 5.00. The van der Waals surface area contributed by atoms with Crippen molar-refractivity contribution in [1.29, 1.82) is 0 Å². The van der Waals surface area contributed by atoms with Gasteiger partial charge in [0.25, 0.3) is 0 Å². The smallest absolute Gasteiger partial charge is 0.378 e. The van der Waals surface area contributed by atoms with Crippen molar-refractivity contribution in [3.8, 4) is 5.69 Å². The van der Waals surface area contributed by atoms with Crippen molar-refractivity contribution in [3.63, 3.8) is 0 Å². The zero-order chi connectivity index (χ0) is 15.7. The largest absolute Gasteiger partial charge is 0.416 e. The van der Waals surface area contributed by atoms with Gasteiger partial charge in [-0.2, -0.15) is 13.2 Å². The fraction of sp³-hybridized carbons (Fsp3) is 0.400. The molecule has 0 amide bonds. The van der Waals surface area contributed by atoms with Crippen molar-refractivity contribution >= 4 is 5.82 Å². The average Bonchev–Trinajstić information content (AvgIpc) is 2.89. The molecular formula is C15H16F3N3O. The molecule has 1 fully saturated rings. The van der Waals surface area contributed by atoms with E-state index in [1.54, 1.807) is 4.68 Å². The van der Waals surface area contributed by atoms with Gasteiger partial charge in [-0.25, -0.2) is 4.68 Å². The van der Waals surface area contributed by atoms with Crippen molar-refractivity contribution < 1.29 is 17.9 Å². The lowest BCUT2D eigenvalue weighted by Crippen LogP contribution is -2.36. The number of hydrogen-bond acceptors (Lipinski definition) is 3. The first-order valence-corrected chi connectivity index (χ1v) is 7.02. The third kappa shape index (κ3) is 2.94. The first-order valence-electron chi connectivity index (χ1n) is 7.02. The Morgan fingerprint density at radius 2 is 1.73 bits per heavy atom. The van der Waals surface area contributed by atoms with Gasteiger partial charge in [-0.05, 0) is 31.2 Å². The lowest BCUT2D eigenvalue weighted by molar-refractivity contribution is -0.137. The fourth-order valence-corrected chi connectivity index (χ4v) is 2.47. The summed E-state index contributed by atoms with van der Waals surface area (Å²) >= 11 is 0. The monoisotopic (exact) mass is 311 g/mol. The molecule has 1 aliphatic heterocycles. The molecular weight excluding hydrogens is 295 g/mol. The Bertz CT molecular complexity index is 643. The quantitative estimate of drug-likeness (QED) is 0.854. The van der Waals surface area contributed by atoms with E-state index >= 15 is 0 Å². The van der Waals surface area contributed by atoms with Crippen LogP contribution in [0.2, 0.25) is 0 Å². The van der Waals surface area contributed by atoms with Gasteiger partial charge in [0.05, 0.1) is 24.5 Å². The number of rotatable bonds is 2. The summed E-state index contributed by atoms with van der Waals surface area (Å²) in [4.78, 5) is 2.12. The number of alkyl halides is 3. The molecule has 22 heavy (non-hydrogen) atoms. The van der Waals surface area contributed by atoms with Gasteiger partial charge in [0.2, 0.25) is 0 Å². The summed E-state index contributed by atoms with van der Waals surface area (Å²) < 4.78 is 44.7. The lowest BCUT2D eigenvalue weighted by Gasteiger charge is -2.27. The molecule has 4 nitrogen and oxygen atoms in total. The molecule has 0 radical (unpaired) electrons. The Hall–Kier alpha value is -2.02. The highest BCUT2D eigenvalue weighted by Crippen LogP contribution is 2.30. The number of ether oxygens (including phenoxy) is 1. The van der Waals surface area contributed by atoms with E-state index in [9.17, 15) is 13.2 Å². The van der Waals surface area contributed by atoms with E-state index in [2.05, 4.69) is 10.00 Å². The molecule has 2 aromatic rings. The van der Waals surface area contributed by atoms with Crippen molar-refractivity contribution in [3.05, 3.63) is 41.6 Å². The number of aromatic nitrogens is 2. The van der Waals surface area contributed by atoms with Gasteiger partial charge in [0.15, 0.2) is 5.82 Å². The minimum Gasteiger partial charge on any atom is -0.378 e. The van der Waals surface area contributed by atoms with Gasteiger partial charge in [0, 0.05) is 24.8 Å². The molecule has 1 aliphatic rings. The molecule has 1 aromatic carbocycles. The Labute approximate surface area is 126 Å². The first kappa shape index (κ1) is 14.9. The number of hydrogen-bond donors (Lipinski definition) is 0. The molecule has 0 aliphatic carbocycles. The molecule has 1 aromatic heterocycles. The van der Waals surface area contributed by atoms with E-state index in [1.165, 1.54) is 12.1 Å². The van der Waals surface area contributed by atoms with Gasteiger partial charge in [-0.15, -0.1) is 5.10 Å². The summed E-state index contributed by atoms with van der Waals surface area (Å²) in [7, 11) is 0. The number of halogens is 3. The molecule has 2 heterocycles. The standard InChI is InChI=1S/C15H16F3N3O/c1-11-10-21(19-14(11)20-6-8-22-9-7-20)13-4-2-12(3-5-13)15(16,17)18/h2-5,10H,6-9H2,1H3. The van der Waals surface area contributed by atoms with Crippen LogP contribution in [0.3, 0.4) is 0 Å². The molecule has 0 spiro atoms. The SMILES string of the molecule is Cc1cn(-c2ccc(C(F)(F)F)cc2)nc1N1CCOCC1. The third-order valence-electron chi connectivity index (χ3n) is 3.64. The summed E-state index contributed by atoms with van der Waals surface area (Å²) in [5, 5.41) is 4.50. The van der Waals surface area contributed by atoms with Gasteiger partial charge < -0.3 is 9.64 Å². The molecule has 0 bridgehead atoms. The highest BCUT2D eigenvalue weighted by Gasteiger charge is 2.30. The van der Waals surface area contributed by atoms with Crippen LogP contribution in [0.5, 0.6) is 0 Å². The van der Waals surface area contributed by atoms with Crippen LogP contribution in [0.15, 0.2) is 30.5 Å². The normalized spacial score (nSPS) is 16.1. The van der Waals surface area contributed by atoms with Crippen LogP contribution in [0.25, 0.3) is 5.69 Å². The highest BCUT2D eigenvalue weighted by atomic mass is 19.4. The van der Waals surface area contributed by atoms with E-state index in [0.29, 0.717) is 18.9 Å². The van der Waals surface area contributed by atoms with E-state index < -0.39 is 11.7 Å². The zero-order valence-electron chi connectivity index (χ0n) is 12.1. The third-order valence-corrected chi connectivity index (χ3v) is 3.64. The maximum absolute atomic E-state index is 12.6. The van der Waals surface area contributed by atoms with Crippen molar-refractivity contribution in [2.24, 2.45) is 0 Å². The van der Waals surface area contributed by atoms with E-state index in [-0.39, 0.29) is 0 Å². The second-order valence-electron chi connectivity index (χ2n) is 5.22. The zero-order valence-corrected chi connectivity index (χ0v) is 12.1. The number of morpholine rings is 1. The molecule has 7 heteroatoms. The summed E-state index contributed by atoms with van der Waals surface area (Å²) in [6.07, 6.45) is -2.50. The van der Waals surface area contributed by atoms with Gasteiger partial charge in [0.1, 0.15) is 0 Å². The molecule has 118 valence electrons. The number of anilines is 1. The second kappa shape index (κ2) is 5.64. The minimum absolute atomic E-state index is 0.607. The molecule has 0 N–H and O–H groups in total. The Balaban J connectivity index is 1.86. The molecule has 0 atom stereocenters. The van der Waals surface area contributed by atoms with Crippen LogP contribution < -0.4 is 4.90 Å². The fourth-order valence-electron chi connectivity index (χ4n) is 2.47. The van der Waals surface area contributed by atoms with E-state index in [0.717, 1.165) is 36.6 Å². The van der Waals surface area contributed by atoms with Crippen molar-refractivity contribution in [2.75, 3.05) is 31.2 Å². The molecule has 0 saturated carbocycles.